The van der Waals surface area contributed by atoms with Gasteiger partial charge in [0.1, 0.15) is 11.9 Å². The number of carboxylic acid groups (broad SMARTS) is 1. The molecule has 2 N–H and O–H groups in total. The number of hydrogen-bond donors (Lipinski definition) is 2. The molecule has 0 aromatic carbocycles. The number of carbonyl (C=O) groups is 1. The van der Waals surface area contributed by atoms with E-state index in [0.29, 0.717) is 12.4 Å². The van der Waals surface area contributed by atoms with Gasteiger partial charge in [-0.3, -0.25) is 0 Å². The predicted molar refractivity (Wildman–Crippen MR) is 54.1 cm³/mol. The normalized spacial score (nSPS) is 26.9. The number of carboxylic acids is 1. The molecule has 3 atom stereocenters. The molecule has 0 spiro atoms. The lowest BCUT2D eigenvalue weighted by atomic mass is 9.94. The van der Waals surface area contributed by atoms with Crippen molar-refractivity contribution in [1.82, 2.24) is 0 Å². The molecule has 0 bridgehead atoms. The lowest BCUT2D eigenvalue weighted by molar-refractivity contribution is 0.0307. The Kier molecular flexibility index (Phi) is 2.98. The summed E-state index contributed by atoms with van der Waals surface area (Å²) in [6.07, 6.45) is -0.0789. The third kappa shape index (κ3) is 1.96. The van der Waals surface area contributed by atoms with Gasteiger partial charge >= 0.3 is 5.97 Å². The van der Waals surface area contributed by atoms with E-state index in [1.54, 1.807) is 0 Å². The lowest BCUT2D eigenvalue weighted by Crippen LogP contribution is -2.19. The number of aromatic carboxylic acids is 1. The van der Waals surface area contributed by atoms with Crippen LogP contribution in [0.15, 0.2) is 16.5 Å². The standard InChI is InChI=1S/C11H14O5/c1-6-7(4-5-15-6)10(12)8-2-3-9(16-8)11(13)14/h2-3,6-7,10,12H,4-5H2,1H3,(H,13,14). The van der Waals surface area contributed by atoms with Gasteiger partial charge in [0, 0.05) is 12.5 Å². The Morgan fingerprint density at radius 2 is 2.31 bits per heavy atom. The molecule has 0 radical (unpaired) electrons. The number of rotatable bonds is 3. The summed E-state index contributed by atoms with van der Waals surface area (Å²) in [4.78, 5) is 10.6. The van der Waals surface area contributed by atoms with Crippen LogP contribution in [-0.2, 0) is 4.74 Å². The zero-order valence-electron chi connectivity index (χ0n) is 8.92. The van der Waals surface area contributed by atoms with Gasteiger partial charge in [-0.2, -0.15) is 0 Å². The van der Waals surface area contributed by atoms with Crippen LogP contribution < -0.4 is 0 Å². The average Bonchev–Trinajstić information content (AvgIpc) is 2.84. The number of aliphatic hydroxyl groups excluding tert-OH is 1. The molecule has 1 aliphatic heterocycles. The summed E-state index contributed by atoms with van der Waals surface area (Å²) < 4.78 is 10.4. The smallest absolute Gasteiger partial charge is 0.371 e. The van der Waals surface area contributed by atoms with Crippen LogP contribution in [-0.4, -0.2) is 28.9 Å². The maximum atomic E-state index is 10.6. The van der Waals surface area contributed by atoms with Crippen LogP contribution in [0.5, 0.6) is 0 Å². The second kappa shape index (κ2) is 4.27. The Bertz CT molecular complexity index is 383. The van der Waals surface area contributed by atoms with Crippen molar-refractivity contribution in [3.63, 3.8) is 0 Å². The molecular formula is C11H14O5. The molecule has 0 aliphatic carbocycles. The number of hydrogen-bond acceptors (Lipinski definition) is 4. The van der Waals surface area contributed by atoms with Crippen molar-refractivity contribution in [3.05, 3.63) is 23.7 Å². The van der Waals surface area contributed by atoms with E-state index in [1.807, 2.05) is 6.92 Å². The zero-order valence-corrected chi connectivity index (χ0v) is 8.92. The van der Waals surface area contributed by atoms with E-state index in [-0.39, 0.29) is 17.8 Å². The number of aliphatic hydroxyl groups is 1. The molecule has 1 aliphatic rings. The second-order valence-corrected chi connectivity index (χ2v) is 3.98. The fraction of sp³-hybridized carbons (Fsp3) is 0.545. The lowest BCUT2D eigenvalue weighted by Gasteiger charge is -2.18. The van der Waals surface area contributed by atoms with Crippen LogP contribution in [0.25, 0.3) is 0 Å². The Morgan fingerprint density at radius 1 is 1.56 bits per heavy atom. The molecular weight excluding hydrogens is 212 g/mol. The maximum Gasteiger partial charge on any atom is 0.371 e. The van der Waals surface area contributed by atoms with Crippen LogP contribution in [0, 0.1) is 5.92 Å². The first kappa shape index (κ1) is 11.2. The summed E-state index contributed by atoms with van der Waals surface area (Å²) in [5.74, 6) is -1.03. The average molecular weight is 226 g/mol. The molecule has 2 rings (SSSR count). The summed E-state index contributed by atoms with van der Waals surface area (Å²) >= 11 is 0. The molecule has 1 aromatic rings. The third-order valence-corrected chi connectivity index (χ3v) is 2.97. The van der Waals surface area contributed by atoms with Crippen molar-refractivity contribution >= 4 is 5.97 Å². The minimum Gasteiger partial charge on any atom is -0.475 e. The highest BCUT2D eigenvalue weighted by molar-refractivity contribution is 5.84. The van der Waals surface area contributed by atoms with Gasteiger partial charge in [-0.05, 0) is 25.5 Å². The van der Waals surface area contributed by atoms with Gasteiger partial charge in [0.2, 0.25) is 5.76 Å². The summed E-state index contributed by atoms with van der Waals surface area (Å²) in [6.45, 7) is 2.51. The first-order valence-electron chi connectivity index (χ1n) is 5.22. The molecule has 3 unspecified atom stereocenters. The van der Waals surface area contributed by atoms with Gasteiger partial charge < -0.3 is 19.4 Å². The van der Waals surface area contributed by atoms with Crippen LogP contribution in [0.4, 0.5) is 0 Å². The maximum absolute atomic E-state index is 10.6. The van der Waals surface area contributed by atoms with Crippen LogP contribution in [0.3, 0.4) is 0 Å². The first-order valence-corrected chi connectivity index (χ1v) is 5.22. The van der Waals surface area contributed by atoms with Crippen LogP contribution in [0.1, 0.15) is 35.8 Å². The highest BCUT2D eigenvalue weighted by Gasteiger charge is 2.33. The molecule has 88 valence electrons. The Labute approximate surface area is 92.6 Å². The molecule has 5 nitrogen and oxygen atoms in total. The fourth-order valence-corrected chi connectivity index (χ4v) is 2.00. The monoisotopic (exact) mass is 226 g/mol. The summed E-state index contributed by atoms with van der Waals surface area (Å²) in [5, 5.41) is 18.7. The molecule has 1 saturated heterocycles. The van der Waals surface area contributed by atoms with Gasteiger partial charge in [0.05, 0.1) is 6.10 Å². The summed E-state index contributed by atoms with van der Waals surface area (Å²) in [5.41, 5.74) is 0. The van der Waals surface area contributed by atoms with Gasteiger partial charge in [-0.1, -0.05) is 0 Å². The molecule has 5 heteroatoms. The van der Waals surface area contributed by atoms with Gasteiger partial charge in [-0.25, -0.2) is 4.79 Å². The summed E-state index contributed by atoms with van der Waals surface area (Å²) in [6, 6.07) is 2.85. The molecule has 1 fully saturated rings. The van der Waals surface area contributed by atoms with Crippen molar-refractivity contribution in [1.29, 1.82) is 0 Å². The van der Waals surface area contributed by atoms with Gasteiger partial charge in [0.15, 0.2) is 0 Å². The van der Waals surface area contributed by atoms with Crippen molar-refractivity contribution in [2.75, 3.05) is 6.61 Å². The predicted octanol–water partition coefficient (Wildman–Crippen LogP) is 1.44. The third-order valence-electron chi connectivity index (χ3n) is 2.97. The highest BCUT2D eigenvalue weighted by Crippen LogP contribution is 2.33. The van der Waals surface area contributed by atoms with Gasteiger partial charge in [0.25, 0.3) is 0 Å². The molecule has 2 heterocycles. The molecule has 0 saturated carbocycles. The molecule has 0 amide bonds. The van der Waals surface area contributed by atoms with Crippen molar-refractivity contribution in [3.8, 4) is 0 Å². The second-order valence-electron chi connectivity index (χ2n) is 3.98. The minimum atomic E-state index is -1.13. The fourth-order valence-electron chi connectivity index (χ4n) is 2.00. The topological polar surface area (TPSA) is 79.9 Å². The van der Waals surface area contributed by atoms with E-state index in [1.165, 1.54) is 12.1 Å². The number of furan rings is 1. The van der Waals surface area contributed by atoms with E-state index in [0.717, 1.165) is 6.42 Å². The largest absolute Gasteiger partial charge is 0.475 e. The van der Waals surface area contributed by atoms with E-state index in [2.05, 4.69) is 0 Å². The minimum absolute atomic E-state index is 0.0339. The van der Waals surface area contributed by atoms with Crippen molar-refractivity contribution in [2.45, 2.75) is 25.6 Å². The Hall–Kier alpha value is -1.33. The SMILES string of the molecule is CC1OCCC1C(O)c1ccc(C(=O)O)o1. The Morgan fingerprint density at radius 3 is 2.81 bits per heavy atom. The Balaban J connectivity index is 2.13. The number of ether oxygens (including phenoxy) is 1. The van der Waals surface area contributed by atoms with Crippen LogP contribution in [0.2, 0.25) is 0 Å². The van der Waals surface area contributed by atoms with Crippen molar-refractivity contribution < 1.29 is 24.2 Å². The van der Waals surface area contributed by atoms with E-state index >= 15 is 0 Å². The van der Waals surface area contributed by atoms with E-state index in [4.69, 9.17) is 14.3 Å². The molecule has 1 aromatic heterocycles. The van der Waals surface area contributed by atoms with E-state index < -0.39 is 12.1 Å². The zero-order chi connectivity index (χ0) is 11.7. The summed E-state index contributed by atoms with van der Waals surface area (Å²) in [7, 11) is 0. The van der Waals surface area contributed by atoms with Gasteiger partial charge in [-0.15, -0.1) is 0 Å². The quantitative estimate of drug-likeness (QED) is 0.815. The van der Waals surface area contributed by atoms with Crippen molar-refractivity contribution in [2.24, 2.45) is 5.92 Å². The first-order chi connectivity index (χ1) is 7.59. The van der Waals surface area contributed by atoms with Crippen LogP contribution >= 0.6 is 0 Å². The molecule has 16 heavy (non-hydrogen) atoms. The van der Waals surface area contributed by atoms with E-state index in [9.17, 15) is 9.90 Å². The highest BCUT2D eigenvalue weighted by atomic mass is 16.5.